The van der Waals surface area contributed by atoms with E-state index in [1.54, 1.807) is 37.3 Å². The average Bonchev–Trinajstić information content (AvgIpc) is 2.75. The van der Waals surface area contributed by atoms with Crippen molar-refractivity contribution in [1.29, 1.82) is 0 Å². The van der Waals surface area contributed by atoms with Gasteiger partial charge in [-0.1, -0.05) is 12.1 Å². The van der Waals surface area contributed by atoms with Crippen LogP contribution in [-0.2, 0) is 4.74 Å². The van der Waals surface area contributed by atoms with Gasteiger partial charge >= 0.3 is 6.16 Å². The maximum absolute atomic E-state index is 12.7. The number of rotatable bonds is 5. The number of nitrogens with zero attached hydrogens (tertiary/aromatic N) is 1. The molecular formula is C22H23BrN2O5. The van der Waals surface area contributed by atoms with Crippen molar-refractivity contribution >= 4 is 33.9 Å². The largest absolute Gasteiger partial charge is 0.513 e. The zero-order chi connectivity index (χ0) is 21.5. The Labute approximate surface area is 183 Å². The Bertz CT molecular complexity index is 908. The molecule has 1 fully saturated rings. The zero-order valence-corrected chi connectivity index (χ0v) is 18.2. The van der Waals surface area contributed by atoms with Gasteiger partial charge in [-0.25, -0.2) is 4.79 Å². The molecule has 1 saturated heterocycles. The summed E-state index contributed by atoms with van der Waals surface area (Å²) in [5.74, 6) is 0.0987. The van der Waals surface area contributed by atoms with Crippen molar-refractivity contribution in [1.82, 2.24) is 10.2 Å². The van der Waals surface area contributed by atoms with E-state index in [4.69, 9.17) is 9.47 Å². The van der Waals surface area contributed by atoms with E-state index >= 15 is 0 Å². The Hall–Kier alpha value is -2.87. The fourth-order valence-corrected chi connectivity index (χ4v) is 3.67. The smallest absolute Gasteiger partial charge is 0.434 e. The Balaban J connectivity index is 1.50. The summed E-state index contributed by atoms with van der Waals surface area (Å²) in [7, 11) is 0. The van der Waals surface area contributed by atoms with E-state index in [0.29, 0.717) is 42.8 Å². The first kappa shape index (κ1) is 21.8. The van der Waals surface area contributed by atoms with Crippen LogP contribution in [0.15, 0.2) is 53.0 Å². The maximum atomic E-state index is 12.7. The lowest BCUT2D eigenvalue weighted by molar-refractivity contribution is 0.0697. The number of piperidine rings is 1. The van der Waals surface area contributed by atoms with Gasteiger partial charge in [-0.05, 0) is 72.1 Å². The first-order valence-electron chi connectivity index (χ1n) is 9.77. The average molecular weight is 475 g/mol. The highest BCUT2D eigenvalue weighted by atomic mass is 79.9. The summed E-state index contributed by atoms with van der Waals surface area (Å²) in [4.78, 5) is 38.3. The van der Waals surface area contributed by atoms with Crippen molar-refractivity contribution in [2.75, 3.05) is 19.7 Å². The van der Waals surface area contributed by atoms with E-state index in [1.807, 2.05) is 23.1 Å². The lowest BCUT2D eigenvalue weighted by Gasteiger charge is -2.32. The van der Waals surface area contributed by atoms with Crippen LogP contribution in [0.25, 0.3) is 0 Å². The summed E-state index contributed by atoms with van der Waals surface area (Å²) < 4.78 is 10.5. The molecule has 1 aliphatic heterocycles. The molecule has 2 amide bonds. The van der Waals surface area contributed by atoms with Crippen LogP contribution in [0.3, 0.4) is 0 Å². The number of ether oxygens (including phenoxy) is 2. The third-order valence-electron chi connectivity index (χ3n) is 4.80. The molecule has 0 saturated carbocycles. The second-order valence-electron chi connectivity index (χ2n) is 6.83. The SMILES string of the molecule is CCOC(=O)Oc1ccc(C(=O)NC2CCN(C(=O)c3ccccc3Br)CC2)cc1. The molecule has 1 aliphatic rings. The maximum Gasteiger partial charge on any atom is 0.513 e. The number of hydrogen-bond acceptors (Lipinski definition) is 5. The van der Waals surface area contributed by atoms with Crippen molar-refractivity contribution < 1.29 is 23.9 Å². The minimum absolute atomic E-state index is 0.00350. The molecule has 2 aromatic rings. The van der Waals surface area contributed by atoms with Gasteiger partial charge in [-0.3, -0.25) is 9.59 Å². The summed E-state index contributed by atoms with van der Waals surface area (Å²) in [6.07, 6.45) is 0.594. The fraction of sp³-hybridized carbons (Fsp3) is 0.318. The van der Waals surface area contributed by atoms with Crippen LogP contribution in [0.5, 0.6) is 5.75 Å². The van der Waals surface area contributed by atoms with Gasteiger partial charge in [-0.15, -0.1) is 0 Å². The van der Waals surface area contributed by atoms with Crippen LogP contribution in [0.1, 0.15) is 40.5 Å². The van der Waals surface area contributed by atoms with E-state index in [-0.39, 0.29) is 24.5 Å². The van der Waals surface area contributed by atoms with Crippen molar-refractivity contribution in [2.45, 2.75) is 25.8 Å². The number of carbonyl (C=O) groups is 3. The summed E-state index contributed by atoms with van der Waals surface area (Å²) in [6.45, 7) is 3.08. The molecule has 0 aromatic heterocycles. The second kappa shape index (κ2) is 10.2. The third kappa shape index (κ3) is 5.60. The van der Waals surface area contributed by atoms with Crippen LogP contribution >= 0.6 is 15.9 Å². The predicted molar refractivity (Wildman–Crippen MR) is 115 cm³/mol. The third-order valence-corrected chi connectivity index (χ3v) is 5.49. The molecule has 158 valence electrons. The number of carbonyl (C=O) groups excluding carboxylic acids is 3. The van der Waals surface area contributed by atoms with Crippen molar-refractivity contribution in [2.24, 2.45) is 0 Å². The van der Waals surface area contributed by atoms with Crippen molar-refractivity contribution in [3.05, 3.63) is 64.1 Å². The number of halogens is 1. The zero-order valence-electron chi connectivity index (χ0n) is 16.6. The topological polar surface area (TPSA) is 84.9 Å². The lowest BCUT2D eigenvalue weighted by Crippen LogP contribution is -2.46. The van der Waals surface area contributed by atoms with E-state index < -0.39 is 6.16 Å². The Morgan fingerprint density at radius 2 is 1.73 bits per heavy atom. The molecule has 30 heavy (non-hydrogen) atoms. The normalized spacial score (nSPS) is 14.1. The van der Waals surface area contributed by atoms with Crippen molar-refractivity contribution in [3.8, 4) is 5.75 Å². The Kier molecular flexibility index (Phi) is 7.46. The first-order chi connectivity index (χ1) is 14.5. The van der Waals surface area contributed by atoms with Gasteiger partial charge in [-0.2, -0.15) is 0 Å². The highest BCUT2D eigenvalue weighted by molar-refractivity contribution is 9.10. The number of hydrogen-bond donors (Lipinski definition) is 1. The van der Waals surface area contributed by atoms with E-state index in [2.05, 4.69) is 21.2 Å². The summed E-state index contributed by atoms with van der Waals surface area (Å²) in [5.41, 5.74) is 1.11. The van der Waals surface area contributed by atoms with E-state index in [9.17, 15) is 14.4 Å². The molecule has 1 heterocycles. The van der Waals surface area contributed by atoms with Crippen LogP contribution < -0.4 is 10.1 Å². The van der Waals surface area contributed by atoms with Gasteiger partial charge in [0.15, 0.2) is 0 Å². The molecule has 0 spiro atoms. The summed E-state index contributed by atoms with van der Waals surface area (Å²) >= 11 is 3.42. The van der Waals surface area contributed by atoms with Crippen LogP contribution in [0.4, 0.5) is 4.79 Å². The van der Waals surface area contributed by atoms with Gasteiger partial charge in [0.2, 0.25) is 0 Å². The molecule has 3 rings (SSSR count). The Morgan fingerprint density at radius 3 is 2.37 bits per heavy atom. The number of likely N-dealkylation sites (tertiary alicyclic amines) is 1. The highest BCUT2D eigenvalue weighted by Gasteiger charge is 2.25. The molecule has 0 radical (unpaired) electrons. The van der Waals surface area contributed by atoms with E-state index in [0.717, 1.165) is 4.47 Å². The molecule has 0 aliphatic carbocycles. The monoisotopic (exact) mass is 474 g/mol. The molecule has 2 aromatic carbocycles. The molecular weight excluding hydrogens is 452 g/mol. The fourth-order valence-electron chi connectivity index (χ4n) is 3.22. The van der Waals surface area contributed by atoms with Gasteiger partial charge in [0.05, 0.1) is 12.2 Å². The first-order valence-corrected chi connectivity index (χ1v) is 10.6. The summed E-state index contributed by atoms with van der Waals surface area (Å²) in [6, 6.07) is 13.6. The lowest BCUT2D eigenvalue weighted by atomic mass is 10.0. The van der Waals surface area contributed by atoms with Gasteiger partial charge in [0.25, 0.3) is 11.8 Å². The highest BCUT2D eigenvalue weighted by Crippen LogP contribution is 2.21. The van der Waals surface area contributed by atoms with E-state index in [1.165, 1.54) is 0 Å². The number of nitrogens with one attached hydrogen (secondary N) is 1. The summed E-state index contributed by atoms with van der Waals surface area (Å²) in [5, 5.41) is 3.01. The minimum atomic E-state index is -0.779. The molecule has 0 atom stereocenters. The number of amides is 2. The molecule has 7 nitrogen and oxygen atoms in total. The van der Waals surface area contributed by atoms with Crippen LogP contribution in [0, 0.1) is 0 Å². The van der Waals surface area contributed by atoms with Gasteiger partial charge in [0, 0.05) is 29.2 Å². The van der Waals surface area contributed by atoms with Crippen LogP contribution in [-0.4, -0.2) is 48.6 Å². The quantitative estimate of drug-likeness (QED) is 0.522. The predicted octanol–water partition coefficient (Wildman–Crippen LogP) is 4.02. The van der Waals surface area contributed by atoms with Crippen LogP contribution in [0.2, 0.25) is 0 Å². The van der Waals surface area contributed by atoms with Crippen molar-refractivity contribution in [3.63, 3.8) is 0 Å². The number of benzene rings is 2. The standard InChI is InChI=1S/C22H23BrN2O5/c1-2-29-22(28)30-17-9-7-15(8-10-17)20(26)24-16-11-13-25(14-12-16)21(27)18-5-3-4-6-19(18)23/h3-10,16H,2,11-14H2,1H3,(H,24,26). The second-order valence-corrected chi connectivity index (χ2v) is 7.68. The van der Waals surface area contributed by atoms with Gasteiger partial charge in [0.1, 0.15) is 5.75 Å². The minimum Gasteiger partial charge on any atom is -0.434 e. The van der Waals surface area contributed by atoms with Gasteiger partial charge < -0.3 is 19.7 Å². The molecule has 8 heteroatoms. The Morgan fingerprint density at radius 1 is 1.07 bits per heavy atom. The molecule has 0 unspecified atom stereocenters. The molecule has 0 bridgehead atoms. The molecule has 1 N–H and O–H groups in total.